The summed E-state index contributed by atoms with van der Waals surface area (Å²) in [6.45, 7) is 0.224. The van der Waals surface area contributed by atoms with Crippen molar-refractivity contribution in [1.29, 1.82) is 5.26 Å². The van der Waals surface area contributed by atoms with Gasteiger partial charge in [-0.1, -0.05) is 0 Å². The van der Waals surface area contributed by atoms with Crippen LogP contribution < -0.4 is 9.04 Å². The number of benzene rings is 2. The minimum Gasteiger partial charge on any atom is -0.497 e. The number of sulfonamides is 1. The third-order valence-electron chi connectivity index (χ3n) is 4.83. The van der Waals surface area contributed by atoms with Crippen LogP contribution in [0.25, 0.3) is 0 Å². The van der Waals surface area contributed by atoms with Crippen LogP contribution >= 0.6 is 0 Å². The lowest BCUT2D eigenvalue weighted by molar-refractivity contribution is -0.140. The number of methoxy groups -OCH3 is 2. The fourth-order valence-corrected chi connectivity index (χ4v) is 4.84. The molecule has 1 aliphatic heterocycles. The van der Waals surface area contributed by atoms with Crippen molar-refractivity contribution in [3.8, 4) is 11.8 Å². The number of carbonyl (C=O) groups is 1. The van der Waals surface area contributed by atoms with E-state index < -0.39 is 10.0 Å². The Labute approximate surface area is 164 Å². The Balaban J connectivity index is 1.97. The average Bonchev–Trinajstić information content (AvgIpc) is 3.10. The van der Waals surface area contributed by atoms with Gasteiger partial charge in [-0.3, -0.25) is 9.10 Å². The third-order valence-corrected chi connectivity index (χ3v) is 6.62. The Morgan fingerprint density at radius 1 is 1.21 bits per heavy atom. The van der Waals surface area contributed by atoms with Crippen LogP contribution in [-0.2, 0) is 19.6 Å². The van der Waals surface area contributed by atoms with E-state index in [9.17, 15) is 13.2 Å². The zero-order valence-corrected chi connectivity index (χ0v) is 16.4. The van der Waals surface area contributed by atoms with Gasteiger partial charge in [0.2, 0.25) is 0 Å². The molecule has 0 aliphatic carbocycles. The fourth-order valence-electron chi connectivity index (χ4n) is 3.31. The maximum absolute atomic E-state index is 13.2. The summed E-state index contributed by atoms with van der Waals surface area (Å²) >= 11 is 0. The van der Waals surface area contributed by atoms with Crippen molar-refractivity contribution in [2.75, 3.05) is 25.1 Å². The Hall–Kier alpha value is -3.05. The fraction of sp³-hybridized carbons (Fsp3) is 0.300. The first-order valence-electron chi connectivity index (χ1n) is 8.68. The molecule has 0 amide bonds. The van der Waals surface area contributed by atoms with Gasteiger partial charge in [0.1, 0.15) is 5.75 Å². The maximum Gasteiger partial charge on any atom is 0.305 e. The second kappa shape index (κ2) is 7.90. The molecule has 8 heteroatoms. The third kappa shape index (κ3) is 3.66. The number of carbonyl (C=O) groups excluding carboxylic acids is 1. The summed E-state index contributed by atoms with van der Waals surface area (Å²) in [5.41, 5.74) is 1.78. The molecular weight excluding hydrogens is 380 g/mol. The molecule has 1 unspecified atom stereocenters. The van der Waals surface area contributed by atoms with Gasteiger partial charge in [0.15, 0.2) is 0 Å². The second-order valence-corrected chi connectivity index (χ2v) is 8.27. The van der Waals surface area contributed by atoms with Gasteiger partial charge in [-0.05, 0) is 54.4 Å². The van der Waals surface area contributed by atoms with Crippen LogP contribution in [0.4, 0.5) is 5.69 Å². The summed E-state index contributed by atoms with van der Waals surface area (Å²) in [4.78, 5) is 11.7. The van der Waals surface area contributed by atoms with Crippen molar-refractivity contribution in [2.24, 2.45) is 0 Å². The van der Waals surface area contributed by atoms with Gasteiger partial charge in [0.05, 0.1) is 36.4 Å². The number of ether oxygens (including phenoxy) is 2. The molecule has 0 aromatic heterocycles. The van der Waals surface area contributed by atoms with Gasteiger partial charge in [0, 0.05) is 18.9 Å². The molecule has 146 valence electrons. The summed E-state index contributed by atoms with van der Waals surface area (Å²) in [6.07, 6.45) is 0.662. The van der Waals surface area contributed by atoms with Crippen molar-refractivity contribution in [3.05, 3.63) is 53.6 Å². The predicted molar refractivity (Wildman–Crippen MR) is 103 cm³/mol. The number of hydrogen-bond acceptors (Lipinski definition) is 6. The van der Waals surface area contributed by atoms with Gasteiger partial charge in [-0.2, -0.15) is 5.26 Å². The number of nitrogens with zero attached hydrogens (tertiary/aromatic N) is 2. The molecule has 7 nitrogen and oxygen atoms in total. The summed E-state index contributed by atoms with van der Waals surface area (Å²) < 4.78 is 37.8. The molecule has 1 heterocycles. The van der Waals surface area contributed by atoms with E-state index in [-0.39, 0.29) is 29.7 Å². The molecule has 0 fully saturated rings. The molecular formula is C20H20N2O5S. The van der Waals surface area contributed by atoms with Gasteiger partial charge in [-0.25, -0.2) is 8.42 Å². The highest BCUT2D eigenvalue weighted by atomic mass is 32.2. The Morgan fingerprint density at radius 2 is 1.93 bits per heavy atom. The van der Waals surface area contributed by atoms with Crippen LogP contribution in [0.3, 0.4) is 0 Å². The summed E-state index contributed by atoms with van der Waals surface area (Å²) in [7, 11) is -0.931. The smallest absolute Gasteiger partial charge is 0.305 e. The normalized spacial score (nSPS) is 15.6. The summed E-state index contributed by atoms with van der Waals surface area (Å²) in [6, 6.07) is 13.0. The van der Waals surface area contributed by atoms with Crippen molar-refractivity contribution >= 4 is 21.7 Å². The largest absolute Gasteiger partial charge is 0.497 e. The van der Waals surface area contributed by atoms with Crippen molar-refractivity contribution < 1.29 is 22.7 Å². The number of hydrogen-bond donors (Lipinski definition) is 0. The molecule has 0 saturated heterocycles. The lowest BCUT2D eigenvalue weighted by atomic mass is 9.96. The lowest BCUT2D eigenvalue weighted by Crippen LogP contribution is -2.30. The minimum absolute atomic E-state index is 0.113. The van der Waals surface area contributed by atoms with Crippen molar-refractivity contribution in [3.63, 3.8) is 0 Å². The van der Waals surface area contributed by atoms with E-state index in [1.54, 1.807) is 19.2 Å². The molecule has 1 atom stereocenters. The predicted octanol–water partition coefficient (Wildman–Crippen LogP) is 2.81. The highest BCUT2D eigenvalue weighted by Gasteiger charge is 2.37. The van der Waals surface area contributed by atoms with Crippen LogP contribution in [0.2, 0.25) is 0 Å². The van der Waals surface area contributed by atoms with Gasteiger partial charge < -0.3 is 9.47 Å². The molecule has 28 heavy (non-hydrogen) atoms. The maximum atomic E-state index is 13.2. The number of anilines is 1. The van der Waals surface area contributed by atoms with Gasteiger partial charge >= 0.3 is 5.97 Å². The SMILES string of the molecule is COC(=O)CCC1CN(S(=O)(=O)c2ccc(C#N)cc2)c2ccc(OC)cc21. The van der Waals surface area contributed by atoms with Crippen LogP contribution in [0.15, 0.2) is 47.4 Å². The lowest BCUT2D eigenvalue weighted by Gasteiger charge is -2.20. The topological polar surface area (TPSA) is 96.7 Å². The number of rotatable bonds is 6. The Morgan fingerprint density at radius 3 is 2.54 bits per heavy atom. The monoisotopic (exact) mass is 400 g/mol. The molecule has 2 aromatic rings. The quantitative estimate of drug-likeness (QED) is 0.692. The van der Waals surface area contributed by atoms with E-state index in [1.165, 1.54) is 35.7 Å². The zero-order valence-electron chi connectivity index (χ0n) is 15.6. The minimum atomic E-state index is -3.81. The molecule has 2 aromatic carbocycles. The van der Waals surface area contributed by atoms with Gasteiger partial charge in [-0.15, -0.1) is 0 Å². The van der Waals surface area contributed by atoms with Crippen LogP contribution in [0.5, 0.6) is 5.75 Å². The van der Waals surface area contributed by atoms with Crippen LogP contribution in [0, 0.1) is 11.3 Å². The molecule has 0 bridgehead atoms. The first-order valence-corrected chi connectivity index (χ1v) is 10.1. The molecule has 1 aliphatic rings. The highest BCUT2D eigenvalue weighted by Crippen LogP contribution is 2.43. The Bertz CT molecular complexity index is 1030. The van der Waals surface area contributed by atoms with E-state index in [0.29, 0.717) is 23.4 Å². The van der Waals surface area contributed by atoms with E-state index in [4.69, 9.17) is 14.7 Å². The van der Waals surface area contributed by atoms with E-state index in [0.717, 1.165) is 5.56 Å². The molecule has 0 saturated carbocycles. The molecule has 0 N–H and O–H groups in total. The Kier molecular flexibility index (Phi) is 5.56. The van der Waals surface area contributed by atoms with Crippen LogP contribution in [0.1, 0.15) is 29.9 Å². The molecule has 0 radical (unpaired) electrons. The van der Waals surface area contributed by atoms with E-state index in [2.05, 4.69) is 0 Å². The van der Waals surface area contributed by atoms with Crippen molar-refractivity contribution in [2.45, 2.75) is 23.7 Å². The highest BCUT2D eigenvalue weighted by molar-refractivity contribution is 7.92. The van der Waals surface area contributed by atoms with E-state index >= 15 is 0 Å². The van der Waals surface area contributed by atoms with E-state index in [1.807, 2.05) is 12.1 Å². The molecule has 3 rings (SSSR count). The van der Waals surface area contributed by atoms with Crippen molar-refractivity contribution in [1.82, 2.24) is 0 Å². The second-order valence-electron chi connectivity index (χ2n) is 6.41. The van der Waals surface area contributed by atoms with Gasteiger partial charge in [0.25, 0.3) is 10.0 Å². The summed E-state index contributed by atoms with van der Waals surface area (Å²) in [5, 5.41) is 8.92. The zero-order chi connectivity index (χ0) is 20.3. The summed E-state index contributed by atoms with van der Waals surface area (Å²) in [5.74, 6) is 0.134. The number of esters is 1. The van der Waals surface area contributed by atoms with Crippen LogP contribution in [-0.4, -0.2) is 35.2 Å². The number of fused-ring (bicyclic) bond motifs is 1. The molecule has 0 spiro atoms. The number of nitriles is 1. The first kappa shape index (κ1) is 19.7. The average molecular weight is 400 g/mol. The standard InChI is InChI=1S/C20H20N2O5S/c1-26-16-6-9-19-18(11-16)15(5-10-20(23)27-2)13-22(19)28(24,25)17-7-3-14(12-21)4-8-17/h3-4,6-9,11,15H,5,10,13H2,1-2H3. The first-order chi connectivity index (χ1) is 13.4.